The molecule has 0 radical (unpaired) electrons. The first-order valence-electron chi connectivity index (χ1n) is 9.02. The van der Waals surface area contributed by atoms with Gasteiger partial charge in [0.1, 0.15) is 5.75 Å². The number of ether oxygens (including phenoxy) is 1. The molecule has 2 aliphatic rings. The van der Waals surface area contributed by atoms with Gasteiger partial charge in [0.2, 0.25) is 0 Å². The van der Waals surface area contributed by atoms with Crippen molar-refractivity contribution in [2.75, 3.05) is 23.5 Å². The molecule has 0 aromatic heterocycles. The molecule has 2 aromatic carbocycles. The van der Waals surface area contributed by atoms with Gasteiger partial charge in [0.15, 0.2) is 15.0 Å². The summed E-state index contributed by atoms with van der Waals surface area (Å²) >= 11 is 7.50. The highest BCUT2D eigenvalue weighted by Gasteiger charge is 2.50. The van der Waals surface area contributed by atoms with Crippen LogP contribution in [0.2, 0.25) is 5.02 Å². The van der Waals surface area contributed by atoms with Gasteiger partial charge in [-0.05, 0) is 23.8 Å². The van der Waals surface area contributed by atoms with Crippen LogP contribution in [0.25, 0.3) is 0 Å². The topological polar surface area (TPSA) is 76.0 Å². The molecule has 0 spiro atoms. The van der Waals surface area contributed by atoms with E-state index in [0.717, 1.165) is 0 Å². The van der Waals surface area contributed by atoms with Crippen molar-refractivity contribution in [2.45, 2.75) is 17.7 Å². The Morgan fingerprint density at radius 3 is 2.69 bits per heavy atom. The lowest BCUT2D eigenvalue weighted by Crippen LogP contribution is -2.38. The van der Waals surface area contributed by atoms with E-state index < -0.39 is 9.84 Å². The van der Waals surface area contributed by atoms with Crippen LogP contribution in [-0.2, 0) is 21.1 Å². The van der Waals surface area contributed by atoms with Crippen molar-refractivity contribution in [3.8, 4) is 5.75 Å². The second kappa shape index (κ2) is 8.01. The summed E-state index contributed by atoms with van der Waals surface area (Å²) in [5.41, 5.74) is 1.41. The molecule has 0 N–H and O–H groups in total. The Kier molecular flexibility index (Phi) is 5.59. The maximum atomic E-state index is 12.7. The lowest BCUT2D eigenvalue weighted by Gasteiger charge is -2.26. The van der Waals surface area contributed by atoms with Gasteiger partial charge < -0.3 is 9.64 Å². The summed E-state index contributed by atoms with van der Waals surface area (Å²) in [7, 11) is -1.57. The number of thioether (sulfide) groups is 1. The Balaban J connectivity index is 1.69. The number of nitrogens with zero attached hydrogens (tertiary/aromatic N) is 2. The van der Waals surface area contributed by atoms with E-state index in [9.17, 15) is 13.2 Å². The van der Waals surface area contributed by atoms with Crippen molar-refractivity contribution < 1.29 is 17.9 Å². The average molecular weight is 451 g/mol. The molecule has 2 fully saturated rings. The number of rotatable bonds is 4. The standard InChI is InChI=1S/C20H19ClN2O4S2/c1-27-17-9-5-4-8-15(17)23-16-11-29(25,26)12-18(16)28-20(23)22-19(24)10-13-6-2-3-7-14(13)21/h2-9,16,18H,10-12H2,1H3/t16-,18-/m0/s1. The minimum atomic E-state index is -3.13. The summed E-state index contributed by atoms with van der Waals surface area (Å²) in [5, 5.41) is 0.845. The van der Waals surface area contributed by atoms with E-state index in [1.54, 1.807) is 31.4 Å². The summed E-state index contributed by atoms with van der Waals surface area (Å²) in [6.45, 7) is 0. The summed E-state index contributed by atoms with van der Waals surface area (Å²) in [6, 6.07) is 14.2. The number of hydrogen-bond donors (Lipinski definition) is 0. The van der Waals surface area contributed by atoms with Gasteiger partial charge in [0.25, 0.3) is 5.91 Å². The van der Waals surface area contributed by atoms with Crippen LogP contribution in [0.3, 0.4) is 0 Å². The number of carbonyl (C=O) groups is 1. The smallest absolute Gasteiger partial charge is 0.252 e. The van der Waals surface area contributed by atoms with Crippen LogP contribution < -0.4 is 9.64 Å². The monoisotopic (exact) mass is 450 g/mol. The van der Waals surface area contributed by atoms with Crippen LogP contribution in [0.1, 0.15) is 5.56 Å². The van der Waals surface area contributed by atoms with Crippen molar-refractivity contribution >= 4 is 50.0 Å². The molecule has 2 atom stereocenters. The van der Waals surface area contributed by atoms with E-state index in [4.69, 9.17) is 16.3 Å². The minimum Gasteiger partial charge on any atom is -0.495 e. The van der Waals surface area contributed by atoms with Crippen molar-refractivity contribution in [3.63, 3.8) is 0 Å². The Morgan fingerprint density at radius 1 is 1.21 bits per heavy atom. The van der Waals surface area contributed by atoms with Gasteiger partial charge in [-0.2, -0.15) is 4.99 Å². The third kappa shape index (κ3) is 4.15. The Labute approximate surface area is 178 Å². The molecule has 2 aliphatic heterocycles. The minimum absolute atomic E-state index is 0.0282. The van der Waals surface area contributed by atoms with Gasteiger partial charge in [0.05, 0.1) is 36.8 Å². The van der Waals surface area contributed by atoms with E-state index >= 15 is 0 Å². The number of hydrogen-bond acceptors (Lipinski definition) is 5. The number of sulfone groups is 1. The van der Waals surface area contributed by atoms with Crippen molar-refractivity contribution in [1.82, 2.24) is 0 Å². The maximum absolute atomic E-state index is 12.7. The molecule has 2 heterocycles. The van der Waals surface area contributed by atoms with Crippen molar-refractivity contribution in [1.29, 1.82) is 0 Å². The van der Waals surface area contributed by atoms with Crippen LogP contribution in [0.5, 0.6) is 5.75 Å². The largest absolute Gasteiger partial charge is 0.495 e. The number of fused-ring (bicyclic) bond motifs is 1. The van der Waals surface area contributed by atoms with Gasteiger partial charge >= 0.3 is 0 Å². The number of methoxy groups -OCH3 is 1. The van der Waals surface area contributed by atoms with Crippen LogP contribution in [0.4, 0.5) is 5.69 Å². The van der Waals surface area contributed by atoms with Gasteiger partial charge in [0, 0.05) is 10.3 Å². The molecule has 152 valence electrons. The van der Waals surface area contributed by atoms with Gasteiger partial charge in [-0.1, -0.05) is 53.7 Å². The number of halogens is 1. The van der Waals surface area contributed by atoms with Crippen LogP contribution in [-0.4, -0.2) is 49.4 Å². The normalized spacial score (nSPS) is 23.9. The molecule has 6 nitrogen and oxygen atoms in total. The second-order valence-electron chi connectivity index (χ2n) is 6.90. The first-order valence-corrected chi connectivity index (χ1v) is 12.1. The Hall–Kier alpha value is -2.03. The molecular formula is C20H19ClN2O4S2. The van der Waals surface area contributed by atoms with Crippen LogP contribution in [0.15, 0.2) is 53.5 Å². The first kappa shape index (κ1) is 20.3. The molecule has 29 heavy (non-hydrogen) atoms. The van der Waals surface area contributed by atoms with Gasteiger partial charge in [-0.3, -0.25) is 4.79 Å². The fourth-order valence-corrected chi connectivity index (χ4v) is 7.75. The number of amidine groups is 1. The number of anilines is 1. The molecular weight excluding hydrogens is 432 g/mol. The maximum Gasteiger partial charge on any atom is 0.252 e. The average Bonchev–Trinajstić information content (AvgIpc) is 3.14. The summed E-state index contributed by atoms with van der Waals surface area (Å²) in [5.74, 6) is 0.374. The third-order valence-corrected chi connectivity index (χ3v) is 8.51. The fraction of sp³-hybridized carbons (Fsp3) is 0.300. The quantitative estimate of drug-likeness (QED) is 0.712. The predicted molar refractivity (Wildman–Crippen MR) is 117 cm³/mol. The molecule has 2 saturated heterocycles. The van der Waals surface area contributed by atoms with E-state index in [1.165, 1.54) is 11.8 Å². The third-order valence-electron chi connectivity index (χ3n) is 4.93. The number of carbonyl (C=O) groups excluding carboxylic acids is 1. The summed E-state index contributed by atoms with van der Waals surface area (Å²) in [4.78, 5) is 18.8. The van der Waals surface area contributed by atoms with E-state index in [1.807, 2.05) is 29.2 Å². The number of para-hydroxylation sites is 2. The number of benzene rings is 2. The van der Waals surface area contributed by atoms with E-state index in [0.29, 0.717) is 27.2 Å². The zero-order valence-corrected chi connectivity index (χ0v) is 18.0. The zero-order chi connectivity index (χ0) is 20.6. The van der Waals surface area contributed by atoms with E-state index in [-0.39, 0.29) is 35.1 Å². The van der Waals surface area contributed by atoms with Crippen molar-refractivity contribution in [2.24, 2.45) is 4.99 Å². The SMILES string of the molecule is COc1ccccc1N1C(=NC(=O)Cc2ccccc2Cl)S[C@H]2CS(=O)(=O)C[C@@H]21. The molecule has 2 aromatic rings. The molecule has 0 bridgehead atoms. The second-order valence-corrected chi connectivity index (χ2v) is 10.7. The first-order chi connectivity index (χ1) is 13.9. The zero-order valence-electron chi connectivity index (χ0n) is 15.6. The highest BCUT2D eigenvalue weighted by Crippen LogP contribution is 2.43. The van der Waals surface area contributed by atoms with Crippen LogP contribution in [0, 0.1) is 0 Å². The molecule has 0 aliphatic carbocycles. The molecule has 1 amide bonds. The molecule has 4 rings (SSSR count). The Bertz CT molecular complexity index is 1090. The molecule has 0 unspecified atom stereocenters. The predicted octanol–water partition coefficient (Wildman–Crippen LogP) is 3.19. The summed E-state index contributed by atoms with van der Waals surface area (Å²) in [6.07, 6.45) is 0.0805. The lowest BCUT2D eigenvalue weighted by atomic mass is 10.1. The lowest BCUT2D eigenvalue weighted by molar-refractivity contribution is -0.117. The highest BCUT2D eigenvalue weighted by molar-refractivity contribution is 8.16. The number of amides is 1. The van der Waals surface area contributed by atoms with Gasteiger partial charge in [-0.25, -0.2) is 8.42 Å². The van der Waals surface area contributed by atoms with Crippen molar-refractivity contribution in [3.05, 3.63) is 59.1 Å². The van der Waals surface area contributed by atoms with E-state index in [2.05, 4.69) is 4.99 Å². The summed E-state index contributed by atoms with van der Waals surface area (Å²) < 4.78 is 29.8. The molecule has 0 saturated carbocycles. The fourth-order valence-electron chi connectivity index (χ4n) is 3.63. The molecule has 9 heteroatoms. The van der Waals surface area contributed by atoms with Crippen LogP contribution >= 0.6 is 23.4 Å². The highest BCUT2D eigenvalue weighted by atomic mass is 35.5. The van der Waals surface area contributed by atoms with Gasteiger partial charge in [-0.15, -0.1) is 0 Å². The number of aliphatic imine (C=N–C) groups is 1. The Morgan fingerprint density at radius 2 is 1.93 bits per heavy atom.